The van der Waals surface area contributed by atoms with Crippen LogP contribution in [0.1, 0.15) is 24.0 Å². The third kappa shape index (κ3) is 3.53. The van der Waals surface area contributed by atoms with Gasteiger partial charge in [0.2, 0.25) is 0 Å². The highest BCUT2D eigenvalue weighted by Gasteiger charge is 2.55. The zero-order chi connectivity index (χ0) is 19.0. The number of hydrogen-bond acceptors (Lipinski definition) is 3. The number of fused-ring (bicyclic) bond motifs is 1. The van der Waals surface area contributed by atoms with E-state index in [1.54, 1.807) is 6.07 Å². The summed E-state index contributed by atoms with van der Waals surface area (Å²) in [5.41, 5.74) is 2.44. The van der Waals surface area contributed by atoms with Gasteiger partial charge < -0.3 is 9.47 Å². The smallest absolute Gasteiger partial charge is 0.313 e. The molecule has 27 heavy (non-hydrogen) atoms. The van der Waals surface area contributed by atoms with Crippen LogP contribution in [0.4, 0.5) is 4.39 Å². The van der Waals surface area contributed by atoms with Gasteiger partial charge in [0, 0.05) is 5.92 Å². The summed E-state index contributed by atoms with van der Waals surface area (Å²) in [7, 11) is 0. The molecule has 3 nitrogen and oxygen atoms in total. The van der Waals surface area contributed by atoms with Gasteiger partial charge in [-0.05, 0) is 70.6 Å². The first-order valence-corrected chi connectivity index (χ1v) is 9.75. The molecule has 140 valence electrons. The lowest BCUT2D eigenvalue weighted by molar-refractivity contribution is -0.146. The first-order valence-electron chi connectivity index (χ1n) is 8.96. The van der Waals surface area contributed by atoms with Crippen molar-refractivity contribution < 1.29 is 18.7 Å². The van der Waals surface area contributed by atoms with Crippen LogP contribution in [0, 0.1) is 17.2 Å². The summed E-state index contributed by atoms with van der Waals surface area (Å²) in [5, 5.41) is 0. The van der Waals surface area contributed by atoms with E-state index in [0.717, 1.165) is 23.1 Å². The van der Waals surface area contributed by atoms with E-state index in [-0.39, 0.29) is 24.3 Å². The molecule has 2 aromatic carbocycles. The highest BCUT2D eigenvalue weighted by atomic mass is 79.9. The van der Waals surface area contributed by atoms with E-state index in [2.05, 4.69) is 22.5 Å². The minimum absolute atomic E-state index is 0.109. The molecule has 2 aromatic rings. The Bertz CT molecular complexity index is 910. The van der Waals surface area contributed by atoms with Crippen molar-refractivity contribution in [1.82, 2.24) is 0 Å². The minimum atomic E-state index is -0.482. The zero-order valence-electron chi connectivity index (χ0n) is 14.8. The number of halogens is 2. The number of allylic oxidation sites excluding steroid dienone is 1. The van der Waals surface area contributed by atoms with Gasteiger partial charge in [-0.3, -0.25) is 4.79 Å². The van der Waals surface area contributed by atoms with Gasteiger partial charge in [-0.15, -0.1) is 0 Å². The van der Waals surface area contributed by atoms with Crippen LogP contribution in [-0.2, 0) is 22.6 Å². The fourth-order valence-electron chi connectivity index (χ4n) is 4.17. The number of ether oxygens (including phenoxy) is 2. The van der Waals surface area contributed by atoms with E-state index < -0.39 is 5.41 Å². The minimum Gasteiger partial charge on any atom is -0.489 e. The van der Waals surface area contributed by atoms with Gasteiger partial charge in [-0.25, -0.2) is 4.39 Å². The molecule has 4 rings (SSSR count). The highest BCUT2D eigenvalue weighted by Crippen LogP contribution is 2.52. The molecule has 2 fully saturated rings. The molecule has 1 heterocycles. The summed E-state index contributed by atoms with van der Waals surface area (Å²) in [6.07, 6.45) is 2.18. The van der Waals surface area contributed by atoms with E-state index in [1.165, 1.54) is 6.07 Å². The predicted molar refractivity (Wildman–Crippen MR) is 104 cm³/mol. The Morgan fingerprint density at radius 1 is 1.26 bits per heavy atom. The molecular formula is C22H20BrFO3. The van der Waals surface area contributed by atoms with Gasteiger partial charge >= 0.3 is 5.97 Å². The molecule has 2 atom stereocenters. The van der Waals surface area contributed by atoms with Gasteiger partial charge in [-0.2, -0.15) is 0 Å². The summed E-state index contributed by atoms with van der Waals surface area (Å²) in [4.78, 5) is 12.4. The van der Waals surface area contributed by atoms with Gasteiger partial charge in [-0.1, -0.05) is 30.4 Å². The van der Waals surface area contributed by atoms with Crippen LogP contribution in [0.3, 0.4) is 0 Å². The molecule has 1 saturated heterocycles. The molecule has 0 amide bonds. The molecule has 2 unspecified atom stereocenters. The van der Waals surface area contributed by atoms with Crippen LogP contribution >= 0.6 is 15.9 Å². The van der Waals surface area contributed by atoms with Crippen LogP contribution in [0.5, 0.6) is 5.75 Å². The number of carbonyl (C=O) groups is 1. The number of hydrogen-bond donors (Lipinski definition) is 0. The lowest BCUT2D eigenvalue weighted by atomic mass is 9.75. The number of benzene rings is 2. The van der Waals surface area contributed by atoms with Crippen molar-refractivity contribution in [1.29, 1.82) is 0 Å². The standard InChI is InChI=1S/C22H20BrFO3/c1-14-7-17-13-27-21(25)22(17,10-14)11-15-3-2-4-18(8-15)26-12-16-5-6-19(23)20(24)9-16/h2-6,8-9,17H,1,7,10-13H2. The number of cyclic esters (lactones) is 1. The molecule has 1 saturated carbocycles. The average molecular weight is 431 g/mol. The average Bonchev–Trinajstić information content (AvgIpc) is 3.11. The molecule has 0 N–H and O–H groups in total. The van der Waals surface area contributed by atoms with Crippen molar-refractivity contribution in [3.63, 3.8) is 0 Å². The molecule has 0 aromatic heterocycles. The second-order valence-electron chi connectivity index (χ2n) is 7.44. The summed E-state index contributed by atoms with van der Waals surface area (Å²) >= 11 is 3.15. The molecule has 0 radical (unpaired) electrons. The van der Waals surface area contributed by atoms with Crippen LogP contribution in [0.15, 0.2) is 59.1 Å². The summed E-state index contributed by atoms with van der Waals surface area (Å²) in [5.74, 6) is 0.499. The van der Waals surface area contributed by atoms with E-state index in [9.17, 15) is 9.18 Å². The Labute approximate surface area is 166 Å². The quantitative estimate of drug-likeness (QED) is 0.481. The van der Waals surface area contributed by atoms with Crippen LogP contribution < -0.4 is 4.74 Å². The Morgan fingerprint density at radius 2 is 2.11 bits per heavy atom. The normalized spacial score (nSPS) is 24.0. The fourth-order valence-corrected chi connectivity index (χ4v) is 4.41. The molecule has 0 spiro atoms. The van der Waals surface area contributed by atoms with E-state index in [0.29, 0.717) is 29.7 Å². The molecule has 1 aliphatic carbocycles. The maximum atomic E-state index is 13.6. The largest absolute Gasteiger partial charge is 0.489 e. The Morgan fingerprint density at radius 3 is 2.93 bits per heavy atom. The van der Waals surface area contributed by atoms with Crippen molar-refractivity contribution in [3.8, 4) is 5.75 Å². The monoisotopic (exact) mass is 430 g/mol. The molecule has 0 bridgehead atoms. The van der Waals surface area contributed by atoms with Crippen molar-refractivity contribution in [2.75, 3.05) is 6.61 Å². The van der Waals surface area contributed by atoms with Crippen molar-refractivity contribution in [2.45, 2.75) is 25.9 Å². The van der Waals surface area contributed by atoms with Gasteiger partial charge in [0.15, 0.2) is 0 Å². The van der Waals surface area contributed by atoms with Crippen molar-refractivity contribution >= 4 is 21.9 Å². The summed E-state index contributed by atoms with van der Waals surface area (Å²) < 4.78 is 25.3. The lowest BCUT2D eigenvalue weighted by Gasteiger charge is -2.24. The molecule has 5 heteroatoms. The number of esters is 1. The highest BCUT2D eigenvalue weighted by molar-refractivity contribution is 9.10. The zero-order valence-corrected chi connectivity index (χ0v) is 16.4. The lowest BCUT2D eigenvalue weighted by Crippen LogP contribution is -2.31. The van der Waals surface area contributed by atoms with Crippen LogP contribution in [0.2, 0.25) is 0 Å². The Hall–Kier alpha value is -2.14. The van der Waals surface area contributed by atoms with E-state index in [1.807, 2.05) is 30.3 Å². The van der Waals surface area contributed by atoms with E-state index in [4.69, 9.17) is 9.47 Å². The van der Waals surface area contributed by atoms with E-state index >= 15 is 0 Å². The molecular weight excluding hydrogens is 411 g/mol. The predicted octanol–water partition coefficient (Wildman–Crippen LogP) is 5.22. The summed E-state index contributed by atoms with van der Waals surface area (Å²) in [6.45, 7) is 4.85. The third-order valence-electron chi connectivity index (χ3n) is 5.51. The Balaban J connectivity index is 1.48. The number of rotatable bonds is 5. The third-order valence-corrected chi connectivity index (χ3v) is 6.15. The fraction of sp³-hybridized carbons (Fsp3) is 0.318. The number of carbonyl (C=O) groups excluding carboxylic acids is 1. The Kier molecular flexibility index (Phi) is 4.81. The van der Waals surface area contributed by atoms with Gasteiger partial charge in [0.1, 0.15) is 18.2 Å². The first kappa shape index (κ1) is 18.2. The van der Waals surface area contributed by atoms with Crippen LogP contribution in [0.25, 0.3) is 0 Å². The maximum absolute atomic E-state index is 13.6. The SMILES string of the molecule is C=C1CC2COC(=O)C2(Cc2cccc(OCc3ccc(Br)c(F)c3)c2)C1. The summed E-state index contributed by atoms with van der Waals surface area (Å²) in [6, 6.07) is 12.7. The first-order chi connectivity index (χ1) is 13.0. The maximum Gasteiger partial charge on any atom is 0.313 e. The topological polar surface area (TPSA) is 35.5 Å². The van der Waals surface area contributed by atoms with Gasteiger partial charge in [0.25, 0.3) is 0 Å². The second kappa shape index (κ2) is 7.12. The van der Waals surface area contributed by atoms with Crippen molar-refractivity contribution in [2.24, 2.45) is 11.3 Å². The van der Waals surface area contributed by atoms with Crippen LogP contribution in [-0.4, -0.2) is 12.6 Å². The second-order valence-corrected chi connectivity index (χ2v) is 8.30. The molecule has 1 aliphatic heterocycles. The molecule has 2 aliphatic rings. The van der Waals surface area contributed by atoms with Gasteiger partial charge in [0.05, 0.1) is 16.5 Å². The van der Waals surface area contributed by atoms with Crippen molar-refractivity contribution in [3.05, 3.63) is 76.0 Å².